The predicted octanol–water partition coefficient (Wildman–Crippen LogP) is 6.57. The molecule has 0 saturated heterocycles. The van der Waals surface area contributed by atoms with E-state index in [-0.39, 0.29) is 17.4 Å². The quantitative estimate of drug-likeness (QED) is 0.249. The van der Waals surface area contributed by atoms with Crippen LogP contribution >= 0.6 is 0 Å². The molecule has 1 fully saturated rings. The van der Waals surface area contributed by atoms with E-state index in [1.165, 1.54) is 6.26 Å². The molecule has 4 nitrogen and oxygen atoms in total. The molecule has 0 spiro atoms. The maximum atomic E-state index is 13.9. The van der Waals surface area contributed by atoms with E-state index < -0.39 is 6.29 Å². The maximum absolute atomic E-state index is 13.9. The number of alkyl halides is 2. The van der Waals surface area contributed by atoms with E-state index >= 15 is 0 Å². The summed E-state index contributed by atoms with van der Waals surface area (Å²) >= 11 is 0. The zero-order valence-electron chi connectivity index (χ0n) is 17.0. The molecule has 1 heterocycles. The summed E-state index contributed by atoms with van der Waals surface area (Å²) in [6.45, 7) is 6.56. The van der Waals surface area contributed by atoms with Crippen LogP contribution in [-0.2, 0) is 4.74 Å². The van der Waals surface area contributed by atoms with Crippen LogP contribution in [0.15, 0.2) is 37.1 Å². The number of ether oxygens (including phenoxy) is 4. The molecule has 0 radical (unpaired) electrons. The molecule has 1 aliphatic carbocycles. The lowest BCUT2D eigenvalue weighted by atomic mass is 9.78. The van der Waals surface area contributed by atoms with E-state index in [0.717, 1.165) is 50.5 Å². The van der Waals surface area contributed by atoms with Gasteiger partial charge in [0.05, 0.1) is 19.5 Å². The summed E-state index contributed by atoms with van der Waals surface area (Å²) < 4.78 is 48.2. The molecule has 0 N–H and O–H groups in total. The first-order chi connectivity index (χ1) is 14.0. The number of hydrogen-bond acceptors (Lipinski definition) is 4. The molecular formula is C23H30F2O4. The van der Waals surface area contributed by atoms with Gasteiger partial charge in [-0.05, 0) is 69.8 Å². The van der Waals surface area contributed by atoms with Crippen LogP contribution in [0, 0.1) is 5.92 Å². The van der Waals surface area contributed by atoms with Crippen LogP contribution in [0.4, 0.5) is 8.78 Å². The molecule has 2 aliphatic rings. The Morgan fingerprint density at radius 2 is 1.79 bits per heavy atom. The van der Waals surface area contributed by atoms with Gasteiger partial charge < -0.3 is 18.9 Å². The van der Waals surface area contributed by atoms with Gasteiger partial charge in [-0.25, -0.2) is 0 Å². The van der Waals surface area contributed by atoms with Gasteiger partial charge in [-0.3, -0.25) is 0 Å². The second-order valence-corrected chi connectivity index (χ2v) is 7.56. The van der Waals surface area contributed by atoms with E-state index in [1.807, 2.05) is 13.0 Å². The standard InChI is InChI=1S/C23H30F2O4/c1-3-8-17-9-11-18(12-10-17)19-13-14-20(22-21(19)28-23(24,25)29-22)27-16-7-5-6-15-26-4-2/h3-4,8,13-14,17-18H,2,5-7,9-12,15-16H2,1H3. The Kier molecular flexibility index (Phi) is 7.40. The molecule has 1 saturated carbocycles. The van der Waals surface area contributed by atoms with Gasteiger partial charge in [-0.2, -0.15) is 0 Å². The number of hydrogen-bond donors (Lipinski definition) is 0. The summed E-state index contributed by atoms with van der Waals surface area (Å²) in [4.78, 5) is 0. The van der Waals surface area contributed by atoms with Crippen molar-refractivity contribution in [2.75, 3.05) is 13.2 Å². The Bertz CT molecular complexity index is 709. The van der Waals surface area contributed by atoms with E-state index in [1.54, 1.807) is 6.07 Å². The minimum absolute atomic E-state index is 0.0260. The fourth-order valence-corrected chi connectivity index (χ4v) is 4.08. The molecule has 1 aromatic rings. The Labute approximate surface area is 171 Å². The summed E-state index contributed by atoms with van der Waals surface area (Å²) in [5, 5.41) is 0. The number of halogens is 2. The Balaban J connectivity index is 1.64. The topological polar surface area (TPSA) is 36.9 Å². The average molecular weight is 408 g/mol. The van der Waals surface area contributed by atoms with Crippen molar-refractivity contribution in [2.45, 2.75) is 64.1 Å². The summed E-state index contributed by atoms with van der Waals surface area (Å²) in [7, 11) is 0. The number of allylic oxidation sites excluding steroid dienone is 2. The second-order valence-electron chi connectivity index (χ2n) is 7.56. The lowest BCUT2D eigenvalue weighted by Crippen LogP contribution is -2.26. The van der Waals surface area contributed by atoms with E-state index in [4.69, 9.17) is 18.9 Å². The van der Waals surface area contributed by atoms with E-state index in [2.05, 4.69) is 18.7 Å². The lowest BCUT2D eigenvalue weighted by molar-refractivity contribution is -0.287. The lowest BCUT2D eigenvalue weighted by Gasteiger charge is -2.27. The molecular weight excluding hydrogens is 378 g/mol. The van der Waals surface area contributed by atoms with Crippen molar-refractivity contribution >= 4 is 0 Å². The van der Waals surface area contributed by atoms with Crippen molar-refractivity contribution in [1.82, 2.24) is 0 Å². The number of benzene rings is 1. The fraction of sp³-hybridized carbons (Fsp3) is 0.565. The van der Waals surface area contributed by atoms with Gasteiger partial charge in [0, 0.05) is 5.56 Å². The number of unbranched alkanes of at least 4 members (excludes halogenated alkanes) is 2. The highest BCUT2D eigenvalue weighted by Gasteiger charge is 2.47. The molecule has 0 aromatic heterocycles. The second kappa shape index (κ2) is 9.99. The van der Waals surface area contributed by atoms with Gasteiger partial charge in [0.15, 0.2) is 11.5 Å². The molecule has 0 unspecified atom stereocenters. The summed E-state index contributed by atoms with van der Waals surface area (Å²) in [6.07, 6.45) is 8.68. The van der Waals surface area contributed by atoms with Gasteiger partial charge in [0.1, 0.15) is 0 Å². The number of fused-ring (bicyclic) bond motifs is 1. The fourth-order valence-electron chi connectivity index (χ4n) is 4.08. The van der Waals surface area contributed by atoms with Crippen LogP contribution < -0.4 is 14.2 Å². The highest BCUT2D eigenvalue weighted by atomic mass is 19.3. The van der Waals surface area contributed by atoms with Gasteiger partial charge in [-0.15, -0.1) is 8.78 Å². The minimum Gasteiger partial charge on any atom is -0.502 e. The van der Waals surface area contributed by atoms with Gasteiger partial charge in [0.2, 0.25) is 5.75 Å². The van der Waals surface area contributed by atoms with Crippen LogP contribution in [0.3, 0.4) is 0 Å². The Hall–Kier alpha value is -2.24. The van der Waals surface area contributed by atoms with Gasteiger partial charge in [0.25, 0.3) is 0 Å². The van der Waals surface area contributed by atoms with Crippen molar-refractivity contribution < 1.29 is 27.7 Å². The molecule has 0 amide bonds. The molecule has 29 heavy (non-hydrogen) atoms. The summed E-state index contributed by atoms with van der Waals surface area (Å²) in [6, 6.07) is 3.59. The van der Waals surface area contributed by atoms with Crippen molar-refractivity contribution in [3.8, 4) is 17.2 Å². The third kappa shape index (κ3) is 5.64. The first-order valence-corrected chi connectivity index (χ1v) is 10.4. The predicted molar refractivity (Wildman–Crippen MR) is 108 cm³/mol. The average Bonchev–Trinajstić information content (AvgIpc) is 3.03. The van der Waals surface area contributed by atoms with Crippen molar-refractivity contribution in [1.29, 1.82) is 0 Å². The summed E-state index contributed by atoms with van der Waals surface area (Å²) in [5.41, 5.74) is 0.796. The van der Waals surface area contributed by atoms with Crippen molar-refractivity contribution in [3.05, 3.63) is 42.7 Å². The zero-order valence-corrected chi connectivity index (χ0v) is 17.0. The Morgan fingerprint density at radius 1 is 1.07 bits per heavy atom. The highest BCUT2D eigenvalue weighted by Crippen LogP contribution is 2.53. The van der Waals surface area contributed by atoms with Gasteiger partial charge >= 0.3 is 6.29 Å². The molecule has 6 heteroatoms. The maximum Gasteiger partial charge on any atom is 0.586 e. The molecule has 3 rings (SSSR count). The molecule has 160 valence electrons. The van der Waals surface area contributed by atoms with Crippen molar-refractivity contribution in [3.63, 3.8) is 0 Å². The third-order valence-electron chi connectivity index (χ3n) is 5.51. The van der Waals surface area contributed by atoms with E-state index in [9.17, 15) is 8.78 Å². The largest absolute Gasteiger partial charge is 0.586 e. The monoisotopic (exact) mass is 408 g/mol. The van der Waals surface area contributed by atoms with Gasteiger partial charge in [-0.1, -0.05) is 24.8 Å². The van der Waals surface area contributed by atoms with E-state index in [0.29, 0.717) is 24.9 Å². The van der Waals surface area contributed by atoms with Crippen LogP contribution in [0.2, 0.25) is 0 Å². The summed E-state index contributed by atoms with van der Waals surface area (Å²) in [5.74, 6) is 1.24. The molecule has 1 aromatic carbocycles. The van der Waals surface area contributed by atoms with Crippen LogP contribution in [0.1, 0.15) is 63.4 Å². The molecule has 0 atom stereocenters. The first kappa shape index (κ1) is 21.5. The smallest absolute Gasteiger partial charge is 0.502 e. The van der Waals surface area contributed by atoms with Crippen LogP contribution in [0.25, 0.3) is 0 Å². The highest BCUT2D eigenvalue weighted by molar-refractivity contribution is 5.58. The van der Waals surface area contributed by atoms with Crippen LogP contribution in [-0.4, -0.2) is 19.5 Å². The Morgan fingerprint density at radius 3 is 2.52 bits per heavy atom. The number of rotatable bonds is 10. The minimum atomic E-state index is -3.65. The molecule has 0 bridgehead atoms. The third-order valence-corrected chi connectivity index (χ3v) is 5.51. The SMILES string of the molecule is C=COCCCCCOc1ccc(C2CCC(C=CC)CC2)c2c1OC(F)(F)O2. The normalized spacial score (nSPS) is 22.6. The zero-order chi connectivity index (χ0) is 20.7. The van der Waals surface area contributed by atoms with Crippen molar-refractivity contribution in [2.24, 2.45) is 5.92 Å². The molecule has 1 aliphatic heterocycles. The first-order valence-electron chi connectivity index (χ1n) is 10.4. The van der Waals surface area contributed by atoms with Crippen LogP contribution in [0.5, 0.6) is 17.2 Å².